The van der Waals surface area contributed by atoms with Gasteiger partial charge in [0, 0.05) is 31.4 Å². The van der Waals surface area contributed by atoms with Crippen molar-refractivity contribution in [3.05, 3.63) is 0 Å². The number of carbonyl (C=O) groups is 2. The van der Waals surface area contributed by atoms with Crippen LogP contribution in [-0.4, -0.2) is 65.4 Å². The fourth-order valence-corrected chi connectivity index (χ4v) is 4.15. The van der Waals surface area contributed by atoms with E-state index in [0.29, 0.717) is 19.5 Å². The molecule has 6 nitrogen and oxygen atoms in total. The molecule has 2 rings (SSSR count). The van der Waals surface area contributed by atoms with Crippen LogP contribution in [-0.2, 0) is 9.53 Å². The van der Waals surface area contributed by atoms with Crippen molar-refractivity contribution in [2.24, 2.45) is 0 Å². The Morgan fingerprint density at radius 1 is 1.43 bits per heavy atom. The Balaban J connectivity index is 1.94. The molecule has 1 heterocycles. The molecule has 0 radical (unpaired) electrons. The van der Waals surface area contributed by atoms with Crippen LogP contribution in [0.5, 0.6) is 0 Å². The standard InChI is InChI=1S/C14H24N2O4S/c1-20-10-7-11(12(17)18)16(8-10)13(19)15-9-14(21-2)5-3-4-6-14/h10-11H,3-9H2,1-2H3,(H,15,19)(H,17,18). The number of nitrogens with one attached hydrogen (secondary N) is 1. The van der Waals surface area contributed by atoms with Gasteiger partial charge in [-0.15, -0.1) is 0 Å². The second-order valence-electron chi connectivity index (χ2n) is 5.85. The molecule has 7 heteroatoms. The molecule has 0 aromatic rings. The summed E-state index contributed by atoms with van der Waals surface area (Å²) >= 11 is 1.80. The lowest BCUT2D eigenvalue weighted by atomic mass is 10.1. The van der Waals surface area contributed by atoms with Gasteiger partial charge in [-0.3, -0.25) is 0 Å². The minimum absolute atomic E-state index is 0.120. The van der Waals surface area contributed by atoms with Gasteiger partial charge < -0.3 is 20.1 Å². The van der Waals surface area contributed by atoms with E-state index in [-0.39, 0.29) is 16.9 Å². The number of amides is 2. The first-order valence-corrected chi connectivity index (χ1v) is 8.59. The lowest BCUT2D eigenvalue weighted by molar-refractivity contribution is -0.141. The lowest BCUT2D eigenvalue weighted by Crippen LogP contribution is -2.49. The number of carbonyl (C=O) groups excluding carboxylic acids is 1. The molecular formula is C14H24N2O4S. The largest absolute Gasteiger partial charge is 0.480 e. The van der Waals surface area contributed by atoms with Gasteiger partial charge in [-0.2, -0.15) is 11.8 Å². The van der Waals surface area contributed by atoms with Gasteiger partial charge in [-0.1, -0.05) is 12.8 Å². The third-order valence-corrected chi connectivity index (χ3v) is 6.07. The summed E-state index contributed by atoms with van der Waals surface area (Å²) in [4.78, 5) is 25.0. The van der Waals surface area contributed by atoms with Gasteiger partial charge in [0.25, 0.3) is 0 Å². The molecular weight excluding hydrogens is 292 g/mol. The number of carboxylic acids is 1. The molecule has 0 aromatic heterocycles. The Morgan fingerprint density at radius 3 is 2.62 bits per heavy atom. The maximum Gasteiger partial charge on any atom is 0.326 e. The molecule has 2 atom stereocenters. The Morgan fingerprint density at radius 2 is 2.10 bits per heavy atom. The Bertz CT molecular complexity index is 398. The van der Waals surface area contributed by atoms with Gasteiger partial charge >= 0.3 is 12.0 Å². The Kier molecular flexibility index (Phi) is 5.37. The van der Waals surface area contributed by atoms with E-state index in [1.807, 2.05) is 0 Å². The lowest BCUT2D eigenvalue weighted by Gasteiger charge is -2.29. The number of methoxy groups -OCH3 is 1. The zero-order valence-corrected chi connectivity index (χ0v) is 13.4. The number of urea groups is 1. The van der Waals surface area contributed by atoms with Crippen molar-refractivity contribution < 1.29 is 19.4 Å². The highest BCUT2D eigenvalue weighted by atomic mass is 32.2. The van der Waals surface area contributed by atoms with Crippen LogP contribution >= 0.6 is 11.8 Å². The van der Waals surface area contributed by atoms with Crippen molar-refractivity contribution in [1.29, 1.82) is 0 Å². The number of hydrogen-bond acceptors (Lipinski definition) is 4. The Labute approximate surface area is 129 Å². The maximum absolute atomic E-state index is 12.3. The average Bonchev–Trinajstić information content (AvgIpc) is 3.12. The fraction of sp³-hybridized carbons (Fsp3) is 0.857. The molecule has 1 saturated carbocycles. The van der Waals surface area contributed by atoms with Gasteiger partial charge in [-0.05, 0) is 19.1 Å². The topological polar surface area (TPSA) is 78.9 Å². The highest BCUT2D eigenvalue weighted by Crippen LogP contribution is 2.39. The normalized spacial score (nSPS) is 27.8. The number of rotatable bonds is 5. The van der Waals surface area contributed by atoms with Crippen LogP contribution in [0.25, 0.3) is 0 Å². The van der Waals surface area contributed by atoms with Gasteiger partial charge in [-0.25, -0.2) is 9.59 Å². The predicted molar refractivity (Wildman–Crippen MR) is 81.7 cm³/mol. The maximum atomic E-state index is 12.3. The Hall–Kier alpha value is -0.950. The first-order chi connectivity index (χ1) is 10.0. The van der Waals surface area contributed by atoms with Crippen LogP contribution in [0, 0.1) is 0 Å². The number of nitrogens with zero attached hydrogens (tertiary/aromatic N) is 1. The summed E-state index contributed by atoms with van der Waals surface area (Å²) in [6.07, 6.45) is 6.85. The van der Waals surface area contributed by atoms with E-state index in [1.165, 1.54) is 17.7 Å². The number of likely N-dealkylation sites (tertiary alicyclic amines) is 1. The minimum Gasteiger partial charge on any atom is -0.480 e. The van der Waals surface area contributed by atoms with Gasteiger partial charge in [0.15, 0.2) is 0 Å². The van der Waals surface area contributed by atoms with Crippen molar-refractivity contribution in [3.8, 4) is 0 Å². The third kappa shape index (κ3) is 3.63. The van der Waals surface area contributed by atoms with Crippen molar-refractivity contribution >= 4 is 23.8 Å². The molecule has 2 aliphatic rings. The second-order valence-corrected chi connectivity index (χ2v) is 7.13. The molecule has 2 fully saturated rings. The van der Waals surface area contributed by atoms with Gasteiger partial charge in [0.05, 0.1) is 6.10 Å². The van der Waals surface area contributed by atoms with Crippen LogP contribution in [0.4, 0.5) is 4.79 Å². The summed E-state index contributed by atoms with van der Waals surface area (Å²) in [7, 11) is 1.55. The zero-order valence-electron chi connectivity index (χ0n) is 12.6. The van der Waals surface area contributed by atoms with E-state index in [4.69, 9.17) is 4.74 Å². The van der Waals surface area contributed by atoms with Crippen LogP contribution in [0.3, 0.4) is 0 Å². The summed E-state index contributed by atoms with van der Waals surface area (Å²) in [6, 6.07) is -1.08. The van der Waals surface area contributed by atoms with Crippen LogP contribution in [0.1, 0.15) is 32.1 Å². The summed E-state index contributed by atoms with van der Waals surface area (Å²) in [5.74, 6) is -0.967. The molecule has 0 aromatic carbocycles. The van der Waals surface area contributed by atoms with E-state index in [2.05, 4.69) is 11.6 Å². The first kappa shape index (κ1) is 16.4. The molecule has 2 amide bonds. The fourth-order valence-electron chi connectivity index (χ4n) is 3.24. The van der Waals surface area contributed by atoms with Gasteiger partial charge in [0.2, 0.25) is 0 Å². The molecule has 120 valence electrons. The molecule has 21 heavy (non-hydrogen) atoms. The van der Waals surface area contributed by atoms with E-state index in [0.717, 1.165) is 12.8 Å². The number of hydrogen-bond donors (Lipinski definition) is 2. The van der Waals surface area contributed by atoms with Gasteiger partial charge in [0.1, 0.15) is 6.04 Å². The van der Waals surface area contributed by atoms with Crippen molar-refractivity contribution in [3.63, 3.8) is 0 Å². The molecule has 0 bridgehead atoms. The van der Waals surface area contributed by atoms with Crippen molar-refractivity contribution in [1.82, 2.24) is 10.2 Å². The number of thioether (sulfide) groups is 1. The van der Waals surface area contributed by atoms with E-state index in [9.17, 15) is 14.7 Å². The monoisotopic (exact) mass is 316 g/mol. The SMILES string of the molecule is COC1CC(C(=O)O)N(C(=O)NCC2(SC)CCCC2)C1. The van der Waals surface area contributed by atoms with Crippen LogP contribution in [0.2, 0.25) is 0 Å². The van der Waals surface area contributed by atoms with Crippen molar-refractivity contribution in [2.75, 3.05) is 26.5 Å². The van der Waals surface area contributed by atoms with E-state index >= 15 is 0 Å². The van der Waals surface area contributed by atoms with E-state index in [1.54, 1.807) is 18.9 Å². The first-order valence-electron chi connectivity index (χ1n) is 7.36. The third-order valence-electron chi connectivity index (χ3n) is 4.65. The molecule has 1 aliphatic heterocycles. The summed E-state index contributed by atoms with van der Waals surface area (Å²) in [5.41, 5.74) is 0. The van der Waals surface area contributed by atoms with Crippen LogP contribution < -0.4 is 5.32 Å². The molecule has 2 N–H and O–H groups in total. The predicted octanol–water partition coefficient (Wildman–Crippen LogP) is 1.55. The highest BCUT2D eigenvalue weighted by Gasteiger charge is 2.41. The number of carboxylic acid groups (broad SMARTS) is 1. The van der Waals surface area contributed by atoms with Crippen molar-refractivity contribution in [2.45, 2.75) is 49.0 Å². The average molecular weight is 316 g/mol. The van der Waals surface area contributed by atoms with E-state index < -0.39 is 12.0 Å². The molecule has 1 aliphatic carbocycles. The number of aliphatic carboxylic acids is 1. The smallest absolute Gasteiger partial charge is 0.326 e. The second kappa shape index (κ2) is 6.87. The zero-order chi connectivity index (χ0) is 15.5. The summed E-state index contributed by atoms with van der Waals surface area (Å²) in [6.45, 7) is 0.944. The quantitative estimate of drug-likeness (QED) is 0.804. The summed E-state index contributed by atoms with van der Waals surface area (Å²) in [5, 5.41) is 12.2. The van der Waals surface area contributed by atoms with Crippen LogP contribution in [0.15, 0.2) is 0 Å². The minimum atomic E-state index is -0.967. The summed E-state index contributed by atoms with van der Waals surface area (Å²) < 4.78 is 5.32. The highest BCUT2D eigenvalue weighted by molar-refractivity contribution is 8.00. The molecule has 0 spiro atoms. The number of ether oxygens (including phenoxy) is 1. The molecule has 1 saturated heterocycles. The molecule has 2 unspecified atom stereocenters.